The van der Waals surface area contributed by atoms with E-state index in [0.29, 0.717) is 17.1 Å². The topological polar surface area (TPSA) is 117 Å². The number of rotatable bonds is 10. The molecule has 0 aliphatic rings. The van der Waals surface area contributed by atoms with Crippen LogP contribution in [0.2, 0.25) is 5.02 Å². The normalized spacial score (nSPS) is 11.8. The first kappa shape index (κ1) is 26.8. The number of nitrogens with one attached hydrogen (secondary N) is 1. The second-order valence-electron chi connectivity index (χ2n) is 7.46. The Balaban J connectivity index is 1.78. The fraction of sp³-hybridized carbons (Fsp3) is 0.200. The molecule has 11 heteroatoms. The van der Waals surface area contributed by atoms with Gasteiger partial charge in [0.25, 0.3) is 10.0 Å². The molecule has 0 aliphatic heterocycles. The summed E-state index contributed by atoms with van der Waals surface area (Å²) in [5.41, 5.74) is 0.366. The van der Waals surface area contributed by atoms with Crippen molar-refractivity contribution >= 4 is 39.1 Å². The summed E-state index contributed by atoms with van der Waals surface area (Å²) in [6, 6.07) is 14.4. The lowest BCUT2D eigenvalue weighted by atomic mass is 10.1. The number of Topliss-reactive ketones (excluding diaryl/α,β-unsaturated/α-hetero) is 1. The van der Waals surface area contributed by atoms with E-state index in [0.717, 1.165) is 6.07 Å². The summed E-state index contributed by atoms with van der Waals surface area (Å²) in [4.78, 5) is 25.1. The molecule has 3 rings (SSSR count). The summed E-state index contributed by atoms with van der Waals surface area (Å²) in [6.45, 7) is 1.44. The lowest BCUT2D eigenvalue weighted by molar-refractivity contribution is 0.0318. The Morgan fingerprint density at radius 3 is 2.14 bits per heavy atom. The van der Waals surface area contributed by atoms with E-state index in [1.807, 2.05) is 0 Å². The largest absolute Gasteiger partial charge is 0.497 e. The molecular formula is C25H24ClNO8S. The monoisotopic (exact) mass is 533 g/mol. The number of benzene rings is 3. The molecular weight excluding hydrogens is 510 g/mol. The molecule has 0 saturated heterocycles. The van der Waals surface area contributed by atoms with Crippen LogP contribution in [0.25, 0.3) is 0 Å². The van der Waals surface area contributed by atoms with Crippen LogP contribution < -0.4 is 18.9 Å². The first-order valence-electron chi connectivity index (χ1n) is 10.5. The standard InChI is InChI=1S/C25H24ClNO8S/c1-15(24(28)16-8-10-18(32-2)11-9-16)35-25(29)17-6-5-7-19(12-17)36(30,31)27-21-13-20(26)22(33-3)14-23(21)34-4/h5-15,27H,1-4H3/t15-/m0/s1. The minimum atomic E-state index is -4.15. The van der Waals surface area contributed by atoms with E-state index in [-0.39, 0.29) is 26.9 Å². The van der Waals surface area contributed by atoms with Crippen LogP contribution >= 0.6 is 11.6 Å². The fourth-order valence-electron chi connectivity index (χ4n) is 3.21. The molecule has 1 atom stereocenters. The molecule has 0 fully saturated rings. The van der Waals surface area contributed by atoms with Crippen LogP contribution in [-0.4, -0.2) is 47.6 Å². The van der Waals surface area contributed by atoms with Gasteiger partial charge in [0, 0.05) is 11.6 Å². The fourth-order valence-corrected chi connectivity index (χ4v) is 4.55. The highest BCUT2D eigenvalue weighted by Gasteiger charge is 2.23. The zero-order valence-corrected chi connectivity index (χ0v) is 21.5. The molecule has 0 spiro atoms. The van der Waals surface area contributed by atoms with Crippen molar-refractivity contribution in [2.75, 3.05) is 26.1 Å². The molecule has 1 N–H and O–H groups in total. The number of hydrogen-bond donors (Lipinski definition) is 1. The van der Waals surface area contributed by atoms with Crippen molar-refractivity contribution in [1.29, 1.82) is 0 Å². The quantitative estimate of drug-likeness (QED) is 0.297. The van der Waals surface area contributed by atoms with Crippen LogP contribution in [0.15, 0.2) is 65.6 Å². The average Bonchev–Trinajstić information content (AvgIpc) is 2.88. The van der Waals surface area contributed by atoms with E-state index in [1.54, 1.807) is 24.3 Å². The molecule has 36 heavy (non-hydrogen) atoms. The first-order chi connectivity index (χ1) is 17.1. The molecule has 9 nitrogen and oxygen atoms in total. The smallest absolute Gasteiger partial charge is 0.338 e. The van der Waals surface area contributed by atoms with Crippen molar-refractivity contribution in [3.05, 3.63) is 76.8 Å². The molecule has 0 bridgehead atoms. The van der Waals surface area contributed by atoms with Crippen LogP contribution in [0.1, 0.15) is 27.6 Å². The van der Waals surface area contributed by atoms with Gasteiger partial charge in [0.05, 0.1) is 42.5 Å². The zero-order valence-electron chi connectivity index (χ0n) is 19.9. The van der Waals surface area contributed by atoms with E-state index >= 15 is 0 Å². The third kappa shape index (κ3) is 6.07. The van der Waals surface area contributed by atoms with Crippen molar-refractivity contribution in [3.63, 3.8) is 0 Å². The van der Waals surface area contributed by atoms with Gasteiger partial charge in [0.15, 0.2) is 6.10 Å². The summed E-state index contributed by atoms with van der Waals surface area (Å²) >= 11 is 6.12. The van der Waals surface area contributed by atoms with E-state index in [2.05, 4.69) is 4.72 Å². The summed E-state index contributed by atoms with van der Waals surface area (Å²) in [6.07, 6.45) is -1.10. The van der Waals surface area contributed by atoms with Gasteiger partial charge in [0.2, 0.25) is 5.78 Å². The van der Waals surface area contributed by atoms with Crippen LogP contribution in [0.5, 0.6) is 17.2 Å². The molecule has 0 amide bonds. The van der Waals surface area contributed by atoms with Crippen molar-refractivity contribution in [2.24, 2.45) is 0 Å². The van der Waals surface area contributed by atoms with Gasteiger partial charge >= 0.3 is 5.97 Å². The molecule has 0 aliphatic carbocycles. The van der Waals surface area contributed by atoms with Crippen LogP contribution in [0, 0.1) is 0 Å². The zero-order chi connectivity index (χ0) is 26.5. The van der Waals surface area contributed by atoms with Crippen molar-refractivity contribution in [3.8, 4) is 17.2 Å². The number of ketones is 1. The van der Waals surface area contributed by atoms with Gasteiger partial charge in [-0.15, -0.1) is 0 Å². The number of anilines is 1. The highest BCUT2D eigenvalue weighted by atomic mass is 35.5. The van der Waals surface area contributed by atoms with Gasteiger partial charge in [0.1, 0.15) is 17.2 Å². The third-order valence-electron chi connectivity index (χ3n) is 5.13. The van der Waals surface area contributed by atoms with E-state index in [4.69, 9.17) is 30.5 Å². The van der Waals surface area contributed by atoms with Crippen LogP contribution in [0.3, 0.4) is 0 Å². The Morgan fingerprint density at radius 2 is 1.53 bits per heavy atom. The van der Waals surface area contributed by atoms with E-state index in [1.165, 1.54) is 58.6 Å². The number of carbonyl (C=O) groups is 2. The summed E-state index contributed by atoms with van der Waals surface area (Å²) in [7, 11) is 0.143. The Labute approximate surface area is 213 Å². The number of halogens is 1. The van der Waals surface area contributed by atoms with Crippen molar-refractivity contribution < 1.29 is 37.0 Å². The molecule has 0 aromatic heterocycles. The van der Waals surface area contributed by atoms with E-state index in [9.17, 15) is 18.0 Å². The van der Waals surface area contributed by atoms with Crippen molar-refractivity contribution in [1.82, 2.24) is 0 Å². The number of hydrogen-bond acceptors (Lipinski definition) is 8. The van der Waals surface area contributed by atoms with Crippen LogP contribution in [0.4, 0.5) is 5.69 Å². The van der Waals surface area contributed by atoms with E-state index < -0.39 is 27.9 Å². The Hall–Kier alpha value is -3.76. The number of ether oxygens (including phenoxy) is 4. The Morgan fingerprint density at radius 1 is 0.861 bits per heavy atom. The molecule has 3 aromatic rings. The lowest BCUT2D eigenvalue weighted by Gasteiger charge is -2.15. The van der Waals surface area contributed by atoms with Gasteiger partial charge < -0.3 is 18.9 Å². The molecule has 0 radical (unpaired) electrons. The van der Waals surface area contributed by atoms with Gasteiger partial charge in [-0.2, -0.15) is 0 Å². The summed E-state index contributed by atoms with van der Waals surface area (Å²) in [5.74, 6) is -0.204. The van der Waals surface area contributed by atoms with Gasteiger partial charge in [-0.3, -0.25) is 9.52 Å². The number of methoxy groups -OCH3 is 3. The minimum absolute atomic E-state index is 0.0491. The predicted molar refractivity (Wildman–Crippen MR) is 134 cm³/mol. The summed E-state index contributed by atoms with van der Waals surface area (Å²) in [5, 5.41) is 0.170. The molecule has 3 aromatic carbocycles. The Kier molecular flexibility index (Phi) is 8.44. The summed E-state index contributed by atoms with van der Waals surface area (Å²) < 4.78 is 49.1. The molecule has 0 unspecified atom stereocenters. The van der Waals surface area contributed by atoms with Gasteiger partial charge in [-0.1, -0.05) is 17.7 Å². The first-order valence-corrected chi connectivity index (χ1v) is 12.4. The molecule has 0 heterocycles. The number of sulfonamides is 1. The molecule has 0 saturated carbocycles. The predicted octanol–water partition coefficient (Wildman–Crippen LogP) is 4.59. The average molecular weight is 534 g/mol. The lowest BCUT2D eigenvalue weighted by Crippen LogP contribution is -2.24. The number of esters is 1. The second-order valence-corrected chi connectivity index (χ2v) is 9.55. The molecule has 190 valence electrons. The highest BCUT2D eigenvalue weighted by Crippen LogP contribution is 2.37. The van der Waals surface area contributed by atoms with Crippen LogP contribution in [-0.2, 0) is 14.8 Å². The van der Waals surface area contributed by atoms with Gasteiger partial charge in [-0.25, -0.2) is 13.2 Å². The third-order valence-corrected chi connectivity index (χ3v) is 6.78. The highest BCUT2D eigenvalue weighted by molar-refractivity contribution is 7.92. The maximum atomic E-state index is 13.0. The van der Waals surface area contributed by atoms with Crippen molar-refractivity contribution in [2.45, 2.75) is 17.9 Å². The minimum Gasteiger partial charge on any atom is -0.497 e. The maximum Gasteiger partial charge on any atom is 0.338 e. The maximum absolute atomic E-state index is 13.0. The number of carbonyl (C=O) groups excluding carboxylic acids is 2. The van der Waals surface area contributed by atoms with Gasteiger partial charge in [-0.05, 0) is 55.5 Å². The second kappa shape index (κ2) is 11.3. The SMILES string of the molecule is COc1ccc(C(=O)[C@H](C)OC(=O)c2cccc(S(=O)(=O)Nc3cc(Cl)c(OC)cc3OC)c2)cc1. The Bertz CT molecular complexity index is 1370.